The highest BCUT2D eigenvalue weighted by Gasteiger charge is 2.29. The molecule has 0 bridgehead atoms. The van der Waals surface area contributed by atoms with Gasteiger partial charge in [0.05, 0.1) is 12.1 Å². The van der Waals surface area contributed by atoms with Crippen molar-refractivity contribution >= 4 is 35.8 Å². The molecular formula is C20H35IN6O. The summed E-state index contributed by atoms with van der Waals surface area (Å²) in [7, 11) is 2.17. The summed E-state index contributed by atoms with van der Waals surface area (Å²) in [5.74, 6) is 1.90. The number of rotatable bonds is 6. The van der Waals surface area contributed by atoms with Crippen LogP contribution in [0.2, 0.25) is 0 Å². The average molecular weight is 502 g/mol. The van der Waals surface area contributed by atoms with Gasteiger partial charge in [0.1, 0.15) is 5.82 Å². The predicted octanol–water partition coefficient (Wildman–Crippen LogP) is 2.08. The van der Waals surface area contributed by atoms with E-state index in [1.54, 1.807) is 0 Å². The summed E-state index contributed by atoms with van der Waals surface area (Å²) in [5, 5.41) is 6.77. The zero-order valence-corrected chi connectivity index (χ0v) is 19.7. The van der Waals surface area contributed by atoms with Crippen LogP contribution in [-0.4, -0.2) is 74.4 Å². The number of hydrogen-bond donors (Lipinski definition) is 2. The number of aliphatic imine (C=N–C) groups is 1. The monoisotopic (exact) mass is 502 g/mol. The first-order valence-corrected chi connectivity index (χ1v) is 10.1. The van der Waals surface area contributed by atoms with Crippen LogP contribution in [0.15, 0.2) is 23.3 Å². The fraction of sp³-hybridized carbons (Fsp3) is 0.700. The molecule has 1 aromatic heterocycles. The maximum atomic E-state index is 5.86. The van der Waals surface area contributed by atoms with Gasteiger partial charge in [-0.3, -0.25) is 0 Å². The van der Waals surface area contributed by atoms with Crippen molar-refractivity contribution in [1.82, 2.24) is 20.5 Å². The molecule has 3 rings (SSSR count). The van der Waals surface area contributed by atoms with Gasteiger partial charge < -0.3 is 25.2 Å². The summed E-state index contributed by atoms with van der Waals surface area (Å²) in [6.45, 7) is 11.6. The van der Waals surface area contributed by atoms with Gasteiger partial charge in [-0.05, 0) is 51.4 Å². The molecule has 28 heavy (non-hydrogen) atoms. The number of aromatic nitrogens is 1. The minimum atomic E-state index is -0.0819. The van der Waals surface area contributed by atoms with Gasteiger partial charge in [-0.25, -0.2) is 9.98 Å². The molecule has 0 amide bonds. The fourth-order valence-electron chi connectivity index (χ4n) is 3.53. The van der Waals surface area contributed by atoms with Crippen molar-refractivity contribution in [2.75, 3.05) is 57.8 Å². The van der Waals surface area contributed by atoms with Crippen LogP contribution in [0.3, 0.4) is 0 Å². The molecule has 2 saturated heterocycles. The molecule has 0 aliphatic carbocycles. The minimum absolute atomic E-state index is 0. The Labute approximate surface area is 186 Å². The molecule has 2 N–H and O–H groups in total. The Balaban J connectivity index is 0.00000280. The first-order chi connectivity index (χ1) is 13.1. The Morgan fingerprint density at radius 1 is 1.29 bits per heavy atom. The van der Waals surface area contributed by atoms with E-state index in [1.807, 2.05) is 12.3 Å². The first-order valence-electron chi connectivity index (χ1n) is 10.1. The normalized spacial score (nSPS) is 23.4. The zero-order valence-electron chi connectivity index (χ0n) is 17.4. The van der Waals surface area contributed by atoms with Gasteiger partial charge in [0.25, 0.3) is 0 Å². The number of hydrogen-bond acceptors (Lipinski definition) is 5. The molecule has 1 unspecified atom stereocenters. The minimum Gasteiger partial charge on any atom is -0.373 e. The summed E-state index contributed by atoms with van der Waals surface area (Å²) in [4.78, 5) is 14.0. The maximum absolute atomic E-state index is 5.86. The van der Waals surface area contributed by atoms with Crippen molar-refractivity contribution in [3.05, 3.63) is 23.9 Å². The number of halogens is 1. The molecule has 158 valence electrons. The van der Waals surface area contributed by atoms with Crippen LogP contribution in [0, 0.1) is 0 Å². The Kier molecular flexibility index (Phi) is 9.23. The van der Waals surface area contributed by atoms with Crippen LogP contribution in [-0.2, 0) is 11.3 Å². The number of piperazine rings is 1. The van der Waals surface area contributed by atoms with Crippen LogP contribution < -0.4 is 15.5 Å². The topological polar surface area (TPSA) is 65.0 Å². The predicted molar refractivity (Wildman–Crippen MR) is 126 cm³/mol. The molecule has 2 aliphatic rings. The van der Waals surface area contributed by atoms with E-state index < -0.39 is 0 Å². The highest BCUT2D eigenvalue weighted by Crippen LogP contribution is 2.23. The van der Waals surface area contributed by atoms with E-state index in [4.69, 9.17) is 9.73 Å². The van der Waals surface area contributed by atoms with Crippen LogP contribution in [0.5, 0.6) is 0 Å². The molecule has 8 heteroatoms. The van der Waals surface area contributed by atoms with E-state index in [0.29, 0.717) is 6.54 Å². The molecule has 0 aromatic carbocycles. The van der Waals surface area contributed by atoms with Gasteiger partial charge in [-0.15, -0.1) is 24.0 Å². The van der Waals surface area contributed by atoms with Gasteiger partial charge >= 0.3 is 0 Å². The van der Waals surface area contributed by atoms with E-state index in [2.05, 4.69) is 52.4 Å². The Hall–Kier alpha value is -1.13. The number of nitrogens with zero attached hydrogens (tertiary/aromatic N) is 4. The second-order valence-corrected chi connectivity index (χ2v) is 7.76. The van der Waals surface area contributed by atoms with Gasteiger partial charge in [0.15, 0.2) is 5.96 Å². The number of nitrogens with one attached hydrogen (secondary N) is 2. The van der Waals surface area contributed by atoms with Crippen molar-refractivity contribution in [2.24, 2.45) is 4.99 Å². The highest BCUT2D eigenvalue weighted by molar-refractivity contribution is 14.0. The molecule has 1 atom stereocenters. The maximum Gasteiger partial charge on any atom is 0.191 e. The van der Waals surface area contributed by atoms with Crippen LogP contribution >= 0.6 is 24.0 Å². The molecule has 2 fully saturated rings. The van der Waals surface area contributed by atoms with Gasteiger partial charge in [0, 0.05) is 52.1 Å². The smallest absolute Gasteiger partial charge is 0.191 e. The third-order valence-electron chi connectivity index (χ3n) is 5.33. The van der Waals surface area contributed by atoms with E-state index in [-0.39, 0.29) is 29.6 Å². The van der Waals surface area contributed by atoms with Crippen LogP contribution in [0.1, 0.15) is 32.3 Å². The van der Waals surface area contributed by atoms with Gasteiger partial charge in [0.2, 0.25) is 0 Å². The molecule has 0 saturated carbocycles. The largest absolute Gasteiger partial charge is 0.373 e. The second-order valence-electron chi connectivity index (χ2n) is 7.76. The number of likely N-dealkylation sites (N-methyl/N-ethyl adjacent to an activating group) is 1. The molecule has 2 aliphatic heterocycles. The van der Waals surface area contributed by atoms with E-state index >= 15 is 0 Å². The third-order valence-corrected chi connectivity index (χ3v) is 5.33. The number of anilines is 1. The molecule has 3 heterocycles. The molecule has 0 spiro atoms. The van der Waals surface area contributed by atoms with Crippen molar-refractivity contribution in [3.8, 4) is 0 Å². The molecular weight excluding hydrogens is 467 g/mol. The fourth-order valence-corrected chi connectivity index (χ4v) is 3.53. The van der Waals surface area contributed by atoms with Crippen LogP contribution in [0.4, 0.5) is 5.82 Å². The lowest BCUT2D eigenvalue weighted by atomic mass is 10.0. The Morgan fingerprint density at radius 3 is 2.75 bits per heavy atom. The molecule has 7 nitrogen and oxygen atoms in total. The number of ether oxygens (including phenoxy) is 1. The summed E-state index contributed by atoms with van der Waals surface area (Å²) >= 11 is 0. The zero-order chi connectivity index (χ0) is 19.1. The summed E-state index contributed by atoms with van der Waals surface area (Å²) in [6, 6.07) is 4.22. The van der Waals surface area contributed by atoms with Crippen LogP contribution in [0.25, 0.3) is 0 Å². The van der Waals surface area contributed by atoms with Crippen molar-refractivity contribution in [3.63, 3.8) is 0 Å². The standard InChI is InChI=1S/C20H34N6O.HI/c1-4-21-19(24-16-20(2)7-5-13-27-20)23-15-17-6-8-22-18(14-17)26-11-9-25(3)10-12-26;/h6,8,14H,4-5,7,9-13,15-16H2,1-3H3,(H2,21,23,24);1H. The van der Waals surface area contributed by atoms with E-state index in [9.17, 15) is 0 Å². The lowest BCUT2D eigenvalue weighted by molar-refractivity contribution is 0.0243. The van der Waals surface area contributed by atoms with Crippen molar-refractivity contribution in [2.45, 2.75) is 38.8 Å². The molecule has 0 radical (unpaired) electrons. The van der Waals surface area contributed by atoms with E-state index in [0.717, 1.165) is 70.5 Å². The SMILES string of the molecule is CCNC(=NCc1ccnc(N2CCN(C)CC2)c1)NCC1(C)CCCO1.I. The highest BCUT2D eigenvalue weighted by atomic mass is 127. The number of pyridine rings is 1. The average Bonchev–Trinajstić information content (AvgIpc) is 3.12. The quantitative estimate of drug-likeness (QED) is 0.353. The number of guanidine groups is 1. The lowest BCUT2D eigenvalue weighted by Gasteiger charge is -2.33. The summed E-state index contributed by atoms with van der Waals surface area (Å²) < 4.78 is 5.86. The molecule has 1 aromatic rings. The third kappa shape index (κ3) is 6.73. The summed E-state index contributed by atoms with van der Waals surface area (Å²) in [5.41, 5.74) is 1.10. The Bertz CT molecular complexity index is 627. The van der Waals surface area contributed by atoms with Gasteiger partial charge in [-0.2, -0.15) is 0 Å². The van der Waals surface area contributed by atoms with E-state index in [1.165, 1.54) is 5.56 Å². The second kappa shape index (κ2) is 11.2. The lowest BCUT2D eigenvalue weighted by Crippen LogP contribution is -2.45. The first kappa shape index (κ1) is 23.2. The van der Waals surface area contributed by atoms with Crippen molar-refractivity contribution in [1.29, 1.82) is 0 Å². The summed E-state index contributed by atoms with van der Waals surface area (Å²) in [6.07, 6.45) is 4.13. The van der Waals surface area contributed by atoms with Crippen molar-refractivity contribution < 1.29 is 4.74 Å². The van der Waals surface area contributed by atoms with Gasteiger partial charge in [-0.1, -0.05) is 0 Å². The Morgan fingerprint density at radius 2 is 2.07 bits per heavy atom.